The number of benzene rings is 1. The molecule has 0 bridgehead atoms. The predicted octanol–water partition coefficient (Wildman–Crippen LogP) is 2.90. The first-order chi connectivity index (χ1) is 8.19. The van der Waals surface area contributed by atoms with E-state index in [1.54, 1.807) is 0 Å². The zero-order valence-electron chi connectivity index (χ0n) is 10.4. The normalized spacial score (nSPS) is 26.1. The molecule has 1 aromatic rings. The summed E-state index contributed by atoms with van der Waals surface area (Å²) < 4.78 is 0. The lowest BCUT2D eigenvalue weighted by molar-refractivity contribution is 0.147. The quantitative estimate of drug-likeness (QED) is 0.896. The molecular weight excluding hydrogens is 232 g/mol. The molecule has 1 heterocycles. The molecule has 1 fully saturated rings. The lowest BCUT2D eigenvalue weighted by Gasteiger charge is -2.36. The molecule has 94 valence electrons. The van der Waals surface area contributed by atoms with Gasteiger partial charge in [-0.25, -0.2) is 0 Å². The van der Waals surface area contributed by atoms with Gasteiger partial charge < -0.3 is 5.73 Å². The molecule has 2 atom stereocenters. The van der Waals surface area contributed by atoms with E-state index in [9.17, 15) is 0 Å². The number of nitrogens with zero attached hydrogens (tertiary/aromatic N) is 1. The van der Waals surface area contributed by atoms with Gasteiger partial charge in [0.2, 0.25) is 0 Å². The second-order valence-corrected chi connectivity index (χ2v) is 5.46. The maximum Gasteiger partial charge on any atom is 0.0451 e. The summed E-state index contributed by atoms with van der Waals surface area (Å²) in [5.74, 6) is 0.737. The summed E-state index contributed by atoms with van der Waals surface area (Å²) in [5.41, 5.74) is 7.31. The van der Waals surface area contributed by atoms with Gasteiger partial charge in [0.05, 0.1) is 0 Å². The van der Waals surface area contributed by atoms with Crippen molar-refractivity contribution in [3.63, 3.8) is 0 Å². The van der Waals surface area contributed by atoms with Crippen LogP contribution in [0.4, 0.5) is 0 Å². The number of piperidine rings is 1. The van der Waals surface area contributed by atoms with Crippen LogP contribution in [-0.2, 0) is 6.54 Å². The van der Waals surface area contributed by atoms with E-state index in [0.717, 1.165) is 37.0 Å². The third kappa shape index (κ3) is 3.44. The van der Waals surface area contributed by atoms with Crippen LogP contribution in [0.3, 0.4) is 0 Å². The van der Waals surface area contributed by atoms with E-state index >= 15 is 0 Å². The van der Waals surface area contributed by atoms with Crippen LogP contribution in [0.2, 0.25) is 5.02 Å². The molecule has 0 saturated carbocycles. The summed E-state index contributed by atoms with van der Waals surface area (Å²) in [6.45, 7) is 5.30. The average molecular weight is 253 g/mol. The summed E-state index contributed by atoms with van der Waals surface area (Å²) in [7, 11) is 0. The van der Waals surface area contributed by atoms with Crippen molar-refractivity contribution in [1.29, 1.82) is 0 Å². The second-order valence-electron chi connectivity index (χ2n) is 5.06. The molecule has 17 heavy (non-hydrogen) atoms. The van der Waals surface area contributed by atoms with Gasteiger partial charge >= 0.3 is 0 Å². The largest absolute Gasteiger partial charge is 0.327 e. The molecule has 2 N–H and O–H groups in total. The number of nitrogens with two attached hydrogens (primary N) is 1. The van der Waals surface area contributed by atoms with E-state index in [-0.39, 0.29) is 0 Å². The minimum Gasteiger partial charge on any atom is -0.327 e. The first-order valence-corrected chi connectivity index (χ1v) is 6.78. The second kappa shape index (κ2) is 5.85. The van der Waals surface area contributed by atoms with Crippen LogP contribution < -0.4 is 5.73 Å². The van der Waals surface area contributed by atoms with Crippen LogP contribution >= 0.6 is 11.6 Å². The highest BCUT2D eigenvalue weighted by Crippen LogP contribution is 2.23. The highest BCUT2D eigenvalue weighted by Gasteiger charge is 2.24. The maximum atomic E-state index is 6.19. The summed E-state index contributed by atoms with van der Waals surface area (Å²) in [6.07, 6.45) is 2.38. The Morgan fingerprint density at radius 3 is 2.82 bits per heavy atom. The molecular formula is C14H21ClN2. The van der Waals surface area contributed by atoms with Gasteiger partial charge in [-0.1, -0.05) is 43.1 Å². The summed E-state index contributed by atoms with van der Waals surface area (Å²) in [6, 6.07) is 8.39. The predicted molar refractivity (Wildman–Crippen MR) is 73.1 cm³/mol. The number of likely N-dealkylation sites (tertiary alicyclic amines) is 1. The molecule has 1 aliphatic rings. The van der Waals surface area contributed by atoms with E-state index in [4.69, 9.17) is 17.3 Å². The van der Waals surface area contributed by atoms with E-state index in [1.807, 2.05) is 18.2 Å². The van der Waals surface area contributed by atoms with Crippen molar-refractivity contribution in [2.24, 2.45) is 11.7 Å². The van der Waals surface area contributed by atoms with Gasteiger partial charge in [0, 0.05) is 30.7 Å². The van der Waals surface area contributed by atoms with Crippen molar-refractivity contribution in [2.75, 3.05) is 13.1 Å². The van der Waals surface area contributed by atoms with Gasteiger partial charge in [-0.15, -0.1) is 0 Å². The lowest BCUT2D eigenvalue weighted by Crippen LogP contribution is -2.46. The van der Waals surface area contributed by atoms with Crippen LogP contribution in [0.15, 0.2) is 24.3 Å². The molecule has 2 rings (SSSR count). The molecule has 0 spiro atoms. The van der Waals surface area contributed by atoms with Crippen molar-refractivity contribution in [1.82, 2.24) is 4.90 Å². The van der Waals surface area contributed by atoms with Gasteiger partial charge in [-0.3, -0.25) is 4.90 Å². The van der Waals surface area contributed by atoms with Crippen LogP contribution in [0.1, 0.15) is 25.3 Å². The Morgan fingerprint density at radius 1 is 1.35 bits per heavy atom. The molecule has 3 heteroatoms. The fourth-order valence-corrected chi connectivity index (χ4v) is 2.84. The summed E-state index contributed by atoms with van der Waals surface area (Å²) in [4.78, 5) is 2.43. The SMILES string of the molecule is CCC1CC(N)CN(Cc2ccccc2Cl)C1. The van der Waals surface area contributed by atoms with Gasteiger partial charge in [-0.2, -0.15) is 0 Å². The highest BCUT2D eigenvalue weighted by molar-refractivity contribution is 6.31. The zero-order chi connectivity index (χ0) is 12.3. The van der Waals surface area contributed by atoms with E-state index in [1.165, 1.54) is 12.0 Å². The van der Waals surface area contributed by atoms with E-state index in [2.05, 4.69) is 17.9 Å². The molecule has 2 unspecified atom stereocenters. The molecule has 0 amide bonds. The van der Waals surface area contributed by atoms with Crippen molar-refractivity contribution in [3.8, 4) is 0 Å². The first kappa shape index (κ1) is 12.9. The standard InChI is InChI=1S/C14H21ClN2/c1-2-11-7-13(16)10-17(8-11)9-12-5-3-4-6-14(12)15/h3-6,11,13H,2,7-10,16H2,1H3. The highest BCUT2D eigenvalue weighted by atomic mass is 35.5. The van der Waals surface area contributed by atoms with Crippen molar-refractivity contribution >= 4 is 11.6 Å². The molecule has 0 aromatic heterocycles. The minimum absolute atomic E-state index is 0.316. The fraction of sp³-hybridized carbons (Fsp3) is 0.571. The Hall–Kier alpha value is -0.570. The molecule has 0 aliphatic carbocycles. The van der Waals surface area contributed by atoms with Crippen molar-refractivity contribution < 1.29 is 0 Å². The van der Waals surface area contributed by atoms with Gasteiger partial charge in [-0.05, 0) is 24.0 Å². The molecule has 1 aliphatic heterocycles. The smallest absolute Gasteiger partial charge is 0.0451 e. The van der Waals surface area contributed by atoms with Crippen LogP contribution in [0, 0.1) is 5.92 Å². The lowest BCUT2D eigenvalue weighted by atomic mass is 9.92. The zero-order valence-corrected chi connectivity index (χ0v) is 11.2. The van der Waals surface area contributed by atoms with E-state index < -0.39 is 0 Å². The minimum atomic E-state index is 0.316. The monoisotopic (exact) mass is 252 g/mol. The Morgan fingerprint density at radius 2 is 2.12 bits per heavy atom. The molecule has 2 nitrogen and oxygen atoms in total. The number of halogens is 1. The Bertz CT molecular complexity index is 367. The Balaban J connectivity index is 2.01. The molecule has 0 radical (unpaired) electrons. The van der Waals surface area contributed by atoms with Gasteiger partial charge in [0.15, 0.2) is 0 Å². The third-order valence-corrected chi connectivity index (χ3v) is 3.94. The third-order valence-electron chi connectivity index (χ3n) is 3.57. The van der Waals surface area contributed by atoms with Gasteiger partial charge in [0.1, 0.15) is 0 Å². The molecule has 1 aromatic carbocycles. The maximum absolute atomic E-state index is 6.19. The summed E-state index contributed by atoms with van der Waals surface area (Å²) >= 11 is 6.19. The summed E-state index contributed by atoms with van der Waals surface area (Å²) in [5, 5.41) is 0.861. The number of rotatable bonds is 3. The number of hydrogen-bond donors (Lipinski definition) is 1. The number of hydrogen-bond acceptors (Lipinski definition) is 2. The molecule has 1 saturated heterocycles. The van der Waals surface area contributed by atoms with Crippen LogP contribution in [-0.4, -0.2) is 24.0 Å². The average Bonchev–Trinajstić information content (AvgIpc) is 2.31. The first-order valence-electron chi connectivity index (χ1n) is 6.40. The van der Waals surface area contributed by atoms with Crippen LogP contribution in [0.25, 0.3) is 0 Å². The Kier molecular flexibility index (Phi) is 4.43. The Labute approximate surface area is 109 Å². The van der Waals surface area contributed by atoms with Gasteiger partial charge in [0.25, 0.3) is 0 Å². The fourth-order valence-electron chi connectivity index (χ4n) is 2.64. The van der Waals surface area contributed by atoms with Crippen molar-refractivity contribution in [2.45, 2.75) is 32.4 Å². The van der Waals surface area contributed by atoms with E-state index in [0.29, 0.717) is 6.04 Å². The topological polar surface area (TPSA) is 29.3 Å². The van der Waals surface area contributed by atoms with Crippen LogP contribution in [0.5, 0.6) is 0 Å². The van der Waals surface area contributed by atoms with Crippen molar-refractivity contribution in [3.05, 3.63) is 34.9 Å².